The van der Waals surface area contributed by atoms with Crippen LogP contribution in [0.4, 0.5) is 5.69 Å². The molecule has 0 unspecified atom stereocenters. The van der Waals surface area contributed by atoms with Crippen molar-refractivity contribution in [2.45, 2.75) is 37.8 Å². The summed E-state index contributed by atoms with van der Waals surface area (Å²) in [6.07, 6.45) is 0.817. The molecule has 0 aliphatic rings. The van der Waals surface area contributed by atoms with Gasteiger partial charge in [-0.3, -0.25) is 9.10 Å². The van der Waals surface area contributed by atoms with Crippen molar-refractivity contribution in [3.8, 4) is 0 Å². The van der Waals surface area contributed by atoms with E-state index in [1.807, 2.05) is 62.9 Å². The molecule has 0 saturated carbocycles. The molecule has 0 bridgehead atoms. The number of hydrogen-bond acceptors (Lipinski definition) is 4. The van der Waals surface area contributed by atoms with Gasteiger partial charge in [0, 0.05) is 12.3 Å². The number of carbonyl (C=O) groups is 1. The topological polar surface area (TPSA) is 66.5 Å². The maximum Gasteiger partial charge on any atom is 0.264 e. The molecule has 0 aromatic heterocycles. The Hall–Kier alpha value is -2.77. The predicted octanol–water partition coefficient (Wildman–Crippen LogP) is 5.25. The SMILES string of the molecule is Cc1ccc(S(=O)(=O)N(CC(=O)NCCCSCc2ccccc2)c2ccc(C)c(C)c2)cc1. The van der Waals surface area contributed by atoms with Crippen LogP contribution in [0.1, 0.15) is 28.7 Å². The van der Waals surface area contributed by atoms with Crippen LogP contribution in [0.2, 0.25) is 0 Å². The number of thioether (sulfide) groups is 1. The molecule has 3 aromatic carbocycles. The van der Waals surface area contributed by atoms with E-state index < -0.39 is 10.0 Å². The zero-order chi connectivity index (χ0) is 24.6. The van der Waals surface area contributed by atoms with Gasteiger partial charge >= 0.3 is 0 Å². The van der Waals surface area contributed by atoms with E-state index in [-0.39, 0.29) is 17.3 Å². The fraction of sp³-hybridized carbons (Fsp3) is 0.296. The van der Waals surface area contributed by atoms with Gasteiger partial charge in [0.1, 0.15) is 6.54 Å². The first-order valence-corrected chi connectivity index (χ1v) is 13.9. The number of carbonyl (C=O) groups excluding carboxylic acids is 1. The molecule has 0 fully saturated rings. The van der Waals surface area contributed by atoms with E-state index in [0.717, 1.165) is 34.6 Å². The summed E-state index contributed by atoms with van der Waals surface area (Å²) in [4.78, 5) is 12.9. The van der Waals surface area contributed by atoms with E-state index in [9.17, 15) is 13.2 Å². The summed E-state index contributed by atoms with van der Waals surface area (Å²) in [6.45, 7) is 6.05. The molecule has 0 atom stereocenters. The molecule has 0 heterocycles. The molecule has 0 aliphatic carbocycles. The lowest BCUT2D eigenvalue weighted by atomic mass is 10.1. The lowest BCUT2D eigenvalue weighted by molar-refractivity contribution is -0.119. The Bertz CT molecular complexity index is 1190. The van der Waals surface area contributed by atoms with Crippen LogP contribution in [0.5, 0.6) is 0 Å². The summed E-state index contributed by atoms with van der Waals surface area (Å²) < 4.78 is 28.1. The van der Waals surface area contributed by atoms with Crippen molar-refractivity contribution in [2.24, 2.45) is 0 Å². The number of amides is 1. The second kappa shape index (κ2) is 12.1. The number of nitrogens with one attached hydrogen (secondary N) is 1. The average Bonchev–Trinajstić information content (AvgIpc) is 2.82. The first-order chi connectivity index (χ1) is 16.3. The number of hydrogen-bond donors (Lipinski definition) is 1. The lowest BCUT2D eigenvalue weighted by Crippen LogP contribution is -2.41. The summed E-state index contributed by atoms with van der Waals surface area (Å²) >= 11 is 1.82. The maximum absolute atomic E-state index is 13.5. The van der Waals surface area contributed by atoms with Gasteiger partial charge in [-0.1, -0.05) is 54.1 Å². The van der Waals surface area contributed by atoms with Crippen molar-refractivity contribution in [1.29, 1.82) is 0 Å². The predicted molar refractivity (Wildman–Crippen MR) is 142 cm³/mol. The minimum Gasteiger partial charge on any atom is -0.354 e. The van der Waals surface area contributed by atoms with Gasteiger partial charge in [0.25, 0.3) is 10.0 Å². The maximum atomic E-state index is 13.5. The smallest absolute Gasteiger partial charge is 0.264 e. The molecule has 3 rings (SSSR count). The van der Waals surface area contributed by atoms with E-state index in [4.69, 9.17) is 0 Å². The van der Waals surface area contributed by atoms with Gasteiger partial charge in [0.15, 0.2) is 0 Å². The second-order valence-electron chi connectivity index (χ2n) is 8.33. The average molecular weight is 497 g/mol. The van der Waals surface area contributed by atoms with Crippen molar-refractivity contribution < 1.29 is 13.2 Å². The van der Waals surface area contributed by atoms with Crippen LogP contribution < -0.4 is 9.62 Å². The number of rotatable bonds is 11. The number of aryl methyl sites for hydroxylation is 3. The molecular weight excluding hydrogens is 464 g/mol. The third-order valence-corrected chi connectivity index (χ3v) is 8.48. The molecular formula is C27H32N2O3S2. The Morgan fingerprint density at radius 1 is 0.912 bits per heavy atom. The molecule has 7 heteroatoms. The minimum atomic E-state index is -3.90. The van der Waals surface area contributed by atoms with Gasteiger partial charge in [0.05, 0.1) is 10.6 Å². The molecule has 5 nitrogen and oxygen atoms in total. The molecule has 0 spiro atoms. The molecule has 34 heavy (non-hydrogen) atoms. The van der Waals surface area contributed by atoms with Gasteiger partial charge in [-0.25, -0.2) is 8.42 Å². The summed E-state index contributed by atoms with van der Waals surface area (Å²) in [5, 5.41) is 2.88. The van der Waals surface area contributed by atoms with Crippen molar-refractivity contribution in [3.05, 3.63) is 95.1 Å². The second-order valence-corrected chi connectivity index (χ2v) is 11.3. The third kappa shape index (κ3) is 7.11. The molecule has 3 aromatic rings. The highest BCUT2D eigenvalue weighted by Crippen LogP contribution is 2.26. The lowest BCUT2D eigenvalue weighted by Gasteiger charge is -2.25. The third-order valence-electron chi connectivity index (χ3n) is 5.57. The van der Waals surface area contributed by atoms with Gasteiger partial charge < -0.3 is 5.32 Å². The van der Waals surface area contributed by atoms with E-state index in [1.54, 1.807) is 30.3 Å². The molecule has 1 N–H and O–H groups in total. The first kappa shape index (κ1) is 25.8. The number of nitrogens with zero attached hydrogens (tertiary/aromatic N) is 1. The molecule has 1 amide bonds. The van der Waals surface area contributed by atoms with Crippen LogP contribution in [0.3, 0.4) is 0 Å². The van der Waals surface area contributed by atoms with E-state index in [0.29, 0.717) is 12.2 Å². The van der Waals surface area contributed by atoms with Gasteiger partial charge in [-0.2, -0.15) is 11.8 Å². The van der Waals surface area contributed by atoms with Crippen LogP contribution in [0.25, 0.3) is 0 Å². The fourth-order valence-electron chi connectivity index (χ4n) is 3.39. The summed E-state index contributed by atoms with van der Waals surface area (Å²) in [5.41, 5.74) is 4.77. The van der Waals surface area contributed by atoms with Crippen LogP contribution in [0.15, 0.2) is 77.7 Å². The normalized spacial score (nSPS) is 11.3. The fourth-order valence-corrected chi connectivity index (χ4v) is 5.72. The summed E-state index contributed by atoms with van der Waals surface area (Å²) in [6, 6.07) is 22.4. The van der Waals surface area contributed by atoms with Crippen LogP contribution >= 0.6 is 11.8 Å². The van der Waals surface area contributed by atoms with Crippen molar-refractivity contribution in [3.63, 3.8) is 0 Å². The Morgan fingerprint density at radius 3 is 2.29 bits per heavy atom. The number of anilines is 1. The Kier molecular flexibility index (Phi) is 9.19. The number of sulfonamides is 1. The van der Waals surface area contributed by atoms with Gasteiger partial charge in [0.2, 0.25) is 5.91 Å². The van der Waals surface area contributed by atoms with Gasteiger partial charge in [-0.05, 0) is 73.9 Å². The van der Waals surface area contributed by atoms with Crippen molar-refractivity contribution in [1.82, 2.24) is 5.32 Å². The molecule has 180 valence electrons. The Balaban J connectivity index is 1.63. The highest BCUT2D eigenvalue weighted by atomic mass is 32.2. The molecule has 0 radical (unpaired) electrons. The minimum absolute atomic E-state index is 0.168. The Labute approximate surface area is 207 Å². The largest absolute Gasteiger partial charge is 0.354 e. The first-order valence-electron chi connectivity index (χ1n) is 11.3. The van der Waals surface area contributed by atoms with Crippen LogP contribution in [-0.2, 0) is 20.6 Å². The number of benzene rings is 3. The zero-order valence-electron chi connectivity index (χ0n) is 20.0. The summed E-state index contributed by atoms with van der Waals surface area (Å²) in [5.74, 6) is 1.53. The van der Waals surface area contributed by atoms with E-state index >= 15 is 0 Å². The molecule has 0 saturated heterocycles. The molecule has 0 aliphatic heterocycles. The Morgan fingerprint density at radius 2 is 1.62 bits per heavy atom. The van der Waals surface area contributed by atoms with Crippen molar-refractivity contribution in [2.75, 3.05) is 23.1 Å². The van der Waals surface area contributed by atoms with E-state index in [2.05, 4.69) is 17.4 Å². The highest BCUT2D eigenvalue weighted by molar-refractivity contribution is 7.98. The van der Waals surface area contributed by atoms with E-state index in [1.165, 1.54) is 9.87 Å². The quantitative estimate of drug-likeness (QED) is 0.368. The van der Waals surface area contributed by atoms with Gasteiger partial charge in [-0.15, -0.1) is 0 Å². The zero-order valence-corrected chi connectivity index (χ0v) is 21.6. The highest BCUT2D eigenvalue weighted by Gasteiger charge is 2.27. The van der Waals surface area contributed by atoms with Crippen LogP contribution in [0, 0.1) is 20.8 Å². The van der Waals surface area contributed by atoms with Crippen molar-refractivity contribution >= 4 is 33.4 Å². The monoisotopic (exact) mass is 496 g/mol. The summed E-state index contributed by atoms with van der Waals surface area (Å²) in [7, 11) is -3.90. The van der Waals surface area contributed by atoms with Crippen LogP contribution in [-0.4, -0.2) is 33.2 Å². The standard InChI is InChI=1S/C27H32N2O3S2/c1-21-10-14-26(15-11-21)34(31,32)29(25-13-12-22(2)23(3)18-25)19-27(30)28-16-7-17-33-20-24-8-5-4-6-9-24/h4-6,8-15,18H,7,16-17,19-20H2,1-3H3,(H,28,30).